The molecule has 1 saturated carbocycles. The van der Waals surface area contributed by atoms with Crippen molar-refractivity contribution in [3.8, 4) is 0 Å². The average Bonchev–Trinajstić information content (AvgIpc) is 2.76. The van der Waals surface area contributed by atoms with Gasteiger partial charge in [-0.05, 0) is 25.0 Å². The smallest absolute Gasteiger partial charge is 0.406 e. The molecule has 0 bridgehead atoms. The summed E-state index contributed by atoms with van der Waals surface area (Å²) < 4.78 is 6.42. The molecule has 2 heterocycles. The summed E-state index contributed by atoms with van der Waals surface area (Å²) in [7, 11) is 0. The van der Waals surface area contributed by atoms with E-state index < -0.39 is 5.76 Å². The molecule has 3 rings (SSSR count). The summed E-state index contributed by atoms with van der Waals surface area (Å²) >= 11 is 0. The molecule has 1 fully saturated rings. The summed E-state index contributed by atoms with van der Waals surface area (Å²) in [4.78, 5) is 28.1. The second-order valence-corrected chi connectivity index (χ2v) is 5.08. The van der Waals surface area contributed by atoms with Crippen LogP contribution in [0, 0.1) is 5.92 Å². The highest BCUT2D eigenvalue weighted by molar-refractivity contribution is 5.82. The van der Waals surface area contributed by atoms with Crippen molar-refractivity contribution in [1.29, 1.82) is 0 Å². The molecule has 19 heavy (non-hydrogen) atoms. The van der Waals surface area contributed by atoms with Crippen LogP contribution in [0.3, 0.4) is 0 Å². The van der Waals surface area contributed by atoms with Crippen LogP contribution in [0.1, 0.15) is 32.1 Å². The fraction of sp³-hybridized carbons (Fsp3) is 0.500. The maximum atomic E-state index is 12.2. The number of oxazole rings is 1. The normalized spacial score (nSPS) is 16.8. The number of hydrogen-bond donors (Lipinski definition) is 0. The summed E-state index contributed by atoms with van der Waals surface area (Å²) in [6.45, 7) is 0.0769. The Morgan fingerprint density at radius 2 is 2.16 bits per heavy atom. The topological polar surface area (TPSA) is 65.1 Å². The van der Waals surface area contributed by atoms with Gasteiger partial charge >= 0.3 is 5.76 Å². The van der Waals surface area contributed by atoms with Crippen molar-refractivity contribution in [1.82, 2.24) is 9.55 Å². The van der Waals surface area contributed by atoms with Gasteiger partial charge < -0.3 is 4.42 Å². The van der Waals surface area contributed by atoms with E-state index in [-0.39, 0.29) is 18.2 Å². The number of Topliss-reactive ketones (excluding diaryl/α,β-unsaturated/α-hetero) is 1. The highest BCUT2D eigenvalue weighted by Crippen LogP contribution is 2.25. The first-order chi connectivity index (χ1) is 9.25. The lowest BCUT2D eigenvalue weighted by Gasteiger charge is -2.20. The molecule has 2 aromatic rings. The molecule has 0 amide bonds. The quantitative estimate of drug-likeness (QED) is 0.848. The minimum absolute atomic E-state index is 0.0769. The number of pyridine rings is 1. The van der Waals surface area contributed by atoms with E-state index in [4.69, 9.17) is 4.42 Å². The summed E-state index contributed by atoms with van der Waals surface area (Å²) in [5.74, 6) is -0.290. The standard InChI is InChI=1S/C14H16N2O3/c17-11(10-5-2-1-3-6-10)9-16-13-12(19-14(16)18)7-4-8-15-13/h4,7-8,10H,1-3,5-6,9H2. The molecular formula is C14H16N2O3. The summed E-state index contributed by atoms with van der Waals surface area (Å²) in [6.07, 6.45) is 6.90. The van der Waals surface area contributed by atoms with Crippen molar-refractivity contribution < 1.29 is 9.21 Å². The molecule has 0 atom stereocenters. The number of ketones is 1. The Morgan fingerprint density at radius 3 is 2.95 bits per heavy atom. The lowest BCUT2D eigenvalue weighted by atomic mass is 9.86. The number of carbonyl (C=O) groups is 1. The fourth-order valence-corrected chi connectivity index (χ4v) is 2.75. The van der Waals surface area contributed by atoms with E-state index in [1.54, 1.807) is 18.3 Å². The molecule has 5 heteroatoms. The third kappa shape index (κ3) is 2.32. The average molecular weight is 260 g/mol. The van der Waals surface area contributed by atoms with Crippen molar-refractivity contribution in [3.05, 3.63) is 28.9 Å². The minimum atomic E-state index is -0.502. The van der Waals surface area contributed by atoms with Crippen molar-refractivity contribution in [2.24, 2.45) is 5.92 Å². The van der Waals surface area contributed by atoms with Crippen LogP contribution in [-0.4, -0.2) is 15.3 Å². The first-order valence-corrected chi connectivity index (χ1v) is 6.73. The van der Waals surface area contributed by atoms with E-state index in [1.165, 1.54) is 11.0 Å². The van der Waals surface area contributed by atoms with E-state index in [9.17, 15) is 9.59 Å². The van der Waals surface area contributed by atoms with Gasteiger partial charge in [-0.3, -0.25) is 9.36 Å². The zero-order chi connectivity index (χ0) is 13.2. The van der Waals surface area contributed by atoms with Crippen molar-refractivity contribution >= 4 is 17.0 Å². The van der Waals surface area contributed by atoms with Crippen LogP contribution in [0.15, 0.2) is 27.5 Å². The highest BCUT2D eigenvalue weighted by Gasteiger charge is 2.23. The van der Waals surface area contributed by atoms with Gasteiger partial charge in [0, 0.05) is 12.1 Å². The fourth-order valence-electron chi connectivity index (χ4n) is 2.75. The van der Waals surface area contributed by atoms with Gasteiger partial charge in [0.15, 0.2) is 17.0 Å². The first-order valence-electron chi connectivity index (χ1n) is 6.73. The molecule has 1 aliphatic rings. The monoisotopic (exact) mass is 260 g/mol. The van der Waals surface area contributed by atoms with Crippen molar-refractivity contribution in [2.45, 2.75) is 38.6 Å². The van der Waals surface area contributed by atoms with E-state index >= 15 is 0 Å². The van der Waals surface area contributed by atoms with Gasteiger partial charge in [-0.1, -0.05) is 19.3 Å². The number of hydrogen-bond acceptors (Lipinski definition) is 4. The molecule has 0 N–H and O–H groups in total. The van der Waals surface area contributed by atoms with Crippen LogP contribution >= 0.6 is 0 Å². The number of fused-ring (bicyclic) bond motifs is 1. The van der Waals surface area contributed by atoms with E-state index in [1.807, 2.05) is 0 Å². The molecular weight excluding hydrogens is 244 g/mol. The van der Waals surface area contributed by atoms with Gasteiger partial charge in [0.25, 0.3) is 0 Å². The second kappa shape index (κ2) is 4.99. The molecule has 0 spiro atoms. The molecule has 0 aliphatic heterocycles. The molecule has 100 valence electrons. The van der Waals surface area contributed by atoms with Crippen LogP contribution < -0.4 is 5.76 Å². The molecule has 0 saturated heterocycles. The summed E-state index contributed by atoms with van der Waals surface area (Å²) in [5, 5.41) is 0. The molecule has 2 aromatic heterocycles. The zero-order valence-corrected chi connectivity index (χ0v) is 10.7. The molecule has 0 radical (unpaired) electrons. The Hall–Kier alpha value is -1.91. The van der Waals surface area contributed by atoms with Crippen LogP contribution in [-0.2, 0) is 11.3 Å². The molecule has 1 aliphatic carbocycles. The Balaban J connectivity index is 1.86. The molecule has 0 unspecified atom stereocenters. The second-order valence-electron chi connectivity index (χ2n) is 5.08. The predicted octanol–water partition coefficient (Wildman–Crippen LogP) is 2.14. The third-order valence-electron chi connectivity index (χ3n) is 3.80. The minimum Gasteiger partial charge on any atom is -0.406 e. The number of rotatable bonds is 3. The maximum absolute atomic E-state index is 12.2. The Labute approximate surface area is 110 Å². The maximum Gasteiger partial charge on any atom is 0.421 e. The van der Waals surface area contributed by atoms with E-state index in [0.29, 0.717) is 11.2 Å². The van der Waals surface area contributed by atoms with Crippen molar-refractivity contribution in [3.63, 3.8) is 0 Å². The molecule has 5 nitrogen and oxygen atoms in total. The van der Waals surface area contributed by atoms with Gasteiger partial charge in [-0.25, -0.2) is 9.78 Å². The van der Waals surface area contributed by atoms with Crippen LogP contribution in [0.5, 0.6) is 0 Å². The van der Waals surface area contributed by atoms with Crippen LogP contribution in [0.2, 0.25) is 0 Å². The summed E-state index contributed by atoms with van der Waals surface area (Å²) in [5.41, 5.74) is 0.889. The number of carbonyl (C=O) groups excluding carboxylic acids is 1. The largest absolute Gasteiger partial charge is 0.421 e. The lowest BCUT2D eigenvalue weighted by Crippen LogP contribution is -2.26. The van der Waals surface area contributed by atoms with Gasteiger partial charge in [-0.15, -0.1) is 0 Å². The Morgan fingerprint density at radius 1 is 1.37 bits per heavy atom. The van der Waals surface area contributed by atoms with Gasteiger partial charge in [-0.2, -0.15) is 0 Å². The van der Waals surface area contributed by atoms with Crippen LogP contribution in [0.25, 0.3) is 11.2 Å². The third-order valence-corrected chi connectivity index (χ3v) is 3.80. The summed E-state index contributed by atoms with van der Waals surface area (Å²) in [6, 6.07) is 3.39. The first kappa shape index (κ1) is 12.1. The zero-order valence-electron chi connectivity index (χ0n) is 10.7. The van der Waals surface area contributed by atoms with Gasteiger partial charge in [0.1, 0.15) is 0 Å². The Kier molecular flexibility index (Phi) is 3.19. The van der Waals surface area contributed by atoms with Crippen LogP contribution in [0.4, 0.5) is 0 Å². The number of aromatic nitrogens is 2. The highest BCUT2D eigenvalue weighted by atomic mass is 16.4. The van der Waals surface area contributed by atoms with E-state index in [2.05, 4.69) is 4.98 Å². The molecule has 0 aromatic carbocycles. The van der Waals surface area contributed by atoms with Gasteiger partial charge in [0.2, 0.25) is 0 Å². The van der Waals surface area contributed by atoms with Crippen molar-refractivity contribution in [2.75, 3.05) is 0 Å². The number of nitrogens with zero attached hydrogens (tertiary/aromatic N) is 2. The SMILES string of the molecule is O=C(Cn1c(=O)oc2cccnc21)C1CCCCC1. The van der Waals surface area contributed by atoms with E-state index in [0.717, 1.165) is 25.7 Å². The van der Waals surface area contributed by atoms with Gasteiger partial charge in [0.05, 0.1) is 6.54 Å². The Bertz CT molecular complexity index is 650. The lowest BCUT2D eigenvalue weighted by molar-refractivity contribution is -0.124. The predicted molar refractivity (Wildman–Crippen MR) is 69.9 cm³/mol.